The maximum absolute atomic E-state index is 5.48. The Hall–Kier alpha value is -8.78. The first-order valence-corrected chi connectivity index (χ1v) is 44.7. The van der Waals surface area contributed by atoms with Gasteiger partial charge in [-0.2, -0.15) is 68.8 Å². The first-order chi connectivity index (χ1) is 49.3. The normalized spacial score (nSPS) is 16.3. The Kier molecular flexibility index (Phi) is 20.9. The Bertz CT molecular complexity index is 4720. The van der Waals surface area contributed by atoms with Crippen molar-refractivity contribution in [3.63, 3.8) is 0 Å². The van der Waals surface area contributed by atoms with Gasteiger partial charge in [-0.3, -0.25) is 0 Å². The van der Waals surface area contributed by atoms with E-state index >= 15 is 0 Å². The summed E-state index contributed by atoms with van der Waals surface area (Å²) in [6.07, 6.45) is 36.9. The zero-order chi connectivity index (χ0) is 70.0. The predicted molar refractivity (Wildman–Crippen MR) is 432 cm³/mol. The van der Waals surface area contributed by atoms with Crippen molar-refractivity contribution in [1.29, 1.82) is 0 Å². The fourth-order valence-corrected chi connectivity index (χ4v) is 22.7. The summed E-state index contributed by atoms with van der Waals surface area (Å²) < 4.78 is 21.9. The molecule has 0 amide bonds. The van der Waals surface area contributed by atoms with E-state index in [4.69, 9.17) is 36.0 Å². The molecule has 9 heteroatoms. The Balaban J connectivity index is 0.000000165. The Morgan fingerprint density at radius 2 is 0.515 bits per heavy atom. The van der Waals surface area contributed by atoms with E-state index in [9.17, 15) is 0 Å². The molecule has 4 aliphatic carbocycles. The van der Waals surface area contributed by atoms with Crippen molar-refractivity contribution < 1.29 is 39.8 Å². The van der Waals surface area contributed by atoms with Gasteiger partial charge in [0.1, 0.15) is 23.0 Å². The third-order valence-electron chi connectivity index (χ3n) is 21.1. The van der Waals surface area contributed by atoms with Gasteiger partial charge in [-0.1, -0.05) is 199 Å². The van der Waals surface area contributed by atoms with E-state index in [0.29, 0.717) is 0 Å². The monoisotopic (exact) mass is 1470 g/mol. The third kappa shape index (κ3) is 13.6. The molecule has 0 heterocycles. The van der Waals surface area contributed by atoms with Crippen molar-refractivity contribution in [2.45, 2.75) is 77.3 Å². The second-order valence-electron chi connectivity index (χ2n) is 26.8. The molecule has 0 saturated carbocycles. The predicted octanol–water partition coefficient (Wildman–Crippen LogP) is 21.6. The number of hydrogen-bond acceptors (Lipinski definition) is 4. The summed E-state index contributed by atoms with van der Waals surface area (Å²) in [7, 11) is 14.6. The van der Waals surface area contributed by atoms with Crippen LogP contribution in [0, 0.1) is 27.7 Å². The quantitative estimate of drug-likeness (QED) is 0.0803. The van der Waals surface area contributed by atoms with Gasteiger partial charge in [-0.25, -0.2) is 0 Å². The van der Waals surface area contributed by atoms with E-state index < -0.39 is 38.4 Å². The van der Waals surface area contributed by atoms with Gasteiger partial charge in [0, 0.05) is 17.6 Å². The molecule has 0 aliphatic heterocycles. The van der Waals surface area contributed by atoms with Crippen LogP contribution in [-0.4, -0.2) is 46.0 Å². The van der Waals surface area contributed by atoms with Crippen LogP contribution in [0.25, 0.3) is 67.4 Å². The molecule has 4 unspecified atom stereocenters. The molecule has 504 valence electrons. The summed E-state index contributed by atoms with van der Waals surface area (Å²) in [5.41, 5.74) is 22.3. The molecule has 0 N–H and O–H groups in total. The van der Waals surface area contributed by atoms with Crippen LogP contribution in [0.1, 0.15) is 127 Å². The van der Waals surface area contributed by atoms with Gasteiger partial charge in [0.05, 0.1) is 28.4 Å². The summed E-state index contributed by atoms with van der Waals surface area (Å²) in [6, 6.07) is 65.1. The summed E-state index contributed by atoms with van der Waals surface area (Å²) in [4.78, 5) is 0. The van der Waals surface area contributed by atoms with E-state index in [0.717, 1.165) is 35.1 Å². The van der Waals surface area contributed by atoms with E-state index in [-0.39, 0.29) is 23.7 Å². The zero-order valence-electron chi connectivity index (χ0n) is 59.0. The molecule has 12 aromatic carbocycles. The van der Waals surface area contributed by atoms with Crippen molar-refractivity contribution >= 4 is 123 Å². The fraction of sp³-hybridized carbons (Fsp3) is 0.174. The Morgan fingerprint density at radius 3 is 0.723 bits per heavy atom. The molecule has 101 heavy (non-hydrogen) atoms. The maximum atomic E-state index is 5.48. The van der Waals surface area contributed by atoms with Crippen LogP contribution in [-0.2, 0) is 20.8 Å². The number of halogens is 2. The summed E-state index contributed by atoms with van der Waals surface area (Å²) in [5, 5.41) is 16.0. The van der Waals surface area contributed by atoms with Gasteiger partial charge < -0.3 is 18.9 Å². The molecule has 0 bridgehead atoms. The van der Waals surface area contributed by atoms with Crippen molar-refractivity contribution in [3.8, 4) is 23.0 Å². The van der Waals surface area contributed by atoms with Crippen LogP contribution in [0.4, 0.5) is 0 Å². The first-order valence-electron chi connectivity index (χ1n) is 35.0. The number of allylic oxidation sites excluding steroid dienone is 12. The molecule has 16 rings (SSSR count). The molecule has 0 fully saturated rings. The first kappa shape index (κ1) is 69.3. The molecule has 0 aromatic heterocycles. The average molecular weight is 1470 g/mol. The average Bonchev–Trinajstić information content (AvgIpc) is 1.60. The van der Waals surface area contributed by atoms with Gasteiger partial charge in [0.25, 0.3) is 0 Å². The van der Waals surface area contributed by atoms with Crippen molar-refractivity contribution in [1.82, 2.24) is 0 Å². The van der Waals surface area contributed by atoms with Crippen LogP contribution in [0.15, 0.2) is 243 Å². The number of hydrogen-bond donors (Lipinski definition) is 0. The van der Waals surface area contributed by atoms with Crippen LogP contribution >= 0.6 is 17.0 Å². The fourth-order valence-electron chi connectivity index (χ4n) is 16.4. The Labute approximate surface area is 617 Å². The molecule has 12 aromatic rings. The summed E-state index contributed by atoms with van der Waals surface area (Å²) in [6.45, 7) is 14.2. The van der Waals surface area contributed by atoms with E-state index in [1.807, 2.05) is 0 Å². The van der Waals surface area contributed by atoms with Crippen LogP contribution in [0.3, 0.4) is 0 Å². The Morgan fingerprint density at radius 1 is 0.307 bits per heavy atom. The topological polar surface area (TPSA) is 36.9 Å². The molecule has 4 nitrogen and oxygen atoms in total. The number of rotatable bonds is 14. The van der Waals surface area contributed by atoms with Gasteiger partial charge in [0.15, 0.2) is 0 Å². The molecule has 4 atom stereocenters. The van der Waals surface area contributed by atoms with Crippen molar-refractivity contribution in [3.05, 3.63) is 332 Å². The molecular weight excluding hydrogens is 1390 g/mol. The second-order valence-corrected chi connectivity index (χ2v) is 35.9. The third-order valence-corrected chi connectivity index (χ3v) is 27.6. The summed E-state index contributed by atoms with van der Waals surface area (Å²) in [5.74, 6) is 4.36. The molecular formula is C92H82Cl2O4Si2Zr-4. The van der Waals surface area contributed by atoms with Crippen molar-refractivity contribution in [2.24, 2.45) is 0 Å². The van der Waals surface area contributed by atoms with Crippen LogP contribution < -0.4 is 39.7 Å². The minimum atomic E-state index is -1.10. The van der Waals surface area contributed by atoms with E-state index in [1.54, 1.807) is 49.2 Å². The van der Waals surface area contributed by atoms with Gasteiger partial charge in [-0.15, -0.1) is 91.6 Å². The number of aryl methyl sites for hydroxylation is 4. The summed E-state index contributed by atoms with van der Waals surface area (Å²) >= 11 is -0.826. The standard InChI is InChI=1S/2C46H41O2Si.2ClH.Zr/c2*1-6-49(45-29(2)23-43-39(11-7-9-13-41(43)45)35-17-15-33-27-37(47-4)21-19-31(33)25-35)46-30(3)24-44-40(12-8-10-14-42(44)46)36-18-16-34-28-38(48-5)22-20-32(34)26-36;;;/h2*7-28,39-40H,6H2,1-5H3;2*1H;/q2*-2;;;+2/p-2. The second kappa shape index (κ2) is 30.4. The van der Waals surface area contributed by atoms with Gasteiger partial charge in [-0.05, 0) is 138 Å². The molecule has 2 radical (unpaired) electrons. The number of methoxy groups -OCH3 is 4. The SMILES string of the molecule is CC[Si]([c-]1c(C)cc2c1C=CC=CC2c1ccc2cc(OC)ccc2c1)[c-]1c(C)cc2c1C=CC=CC2c1ccc2cc(OC)ccc2c1.CC[Si]([c-]1c(C)cc2c1C=CC=CC2c1ccc2cc(OC)ccc2c1)[c-]1c(C)cc2c1C=CC=CC2c1ccc2cc(OC)ccc2c1.[Cl][Zr][Cl]. The minimum absolute atomic E-state index is 0.197. The molecule has 0 saturated heterocycles. The van der Waals surface area contributed by atoms with E-state index in [2.05, 4.69) is 309 Å². The van der Waals surface area contributed by atoms with Crippen LogP contribution in [0.5, 0.6) is 23.0 Å². The number of benzene rings is 8. The number of fused-ring (bicyclic) bond motifs is 8. The van der Waals surface area contributed by atoms with Crippen molar-refractivity contribution in [2.75, 3.05) is 28.4 Å². The zero-order valence-corrected chi connectivity index (χ0v) is 65.0. The number of ether oxygens (including phenoxy) is 4. The van der Waals surface area contributed by atoms with Gasteiger partial charge >= 0.3 is 37.9 Å². The van der Waals surface area contributed by atoms with Gasteiger partial charge in [0.2, 0.25) is 0 Å². The van der Waals surface area contributed by atoms with Crippen LogP contribution in [0.2, 0.25) is 12.1 Å². The molecule has 4 aliphatic rings. The molecule has 0 spiro atoms. The van der Waals surface area contributed by atoms with E-state index in [1.165, 1.54) is 132 Å².